The van der Waals surface area contributed by atoms with E-state index in [1.165, 1.54) is 7.11 Å². The summed E-state index contributed by atoms with van der Waals surface area (Å²) in [6.45, 7) is 2.01. The molecule has 0 aliphatic carbocycles. The molecule has 0 amide bonds. The monoisotopic (exact) mass is 406 g/mol. The van der Waals surface area contributed by atoms with Crippen LogP contribution in [-0.4, -0.2) is 13.1 Å². The largest absolute Gasteiger partial charge is 0.489 e. The van der Waals surface area contributed by atoms with Crippen molar-refractivity contribution in [3.05, 3.63) is 73.6 Å². The molecular weight excluding hydrogens is 391 g/mol. The number of ether oxygens (including phenoxy) is 2. The molecule has 0 saturated carbocycles. The van der Waals surface area contributed by atoms with Crippen LogP contribution < -0.4 is 10.4 Å². The summed E-state index contributed by atoms with van der Waals surface area (Å²) in [5.74, 6) is 0.0290. The molecule has 0 unspecified atom stereocenters. The lowest BCUT2D eigenvalue weighted by Gasteiger charge is -2.10. The summed E-state index contributed by atoms with van der Waals surface area (Å²) in [6, 6.07) is 10.4. The molecule has 0 radical (unpaired) electrons. The molecule has 0 bridgehead atoms. The zero-order valence-corrected chi connectivity index (χ0v) is 16.2. The molecule has 0 aliphatic heterocycles. The van der Waals surface area contributed by atoms with Gasteiger partial charge in [0.2, 0.25) is 0 Å². The van der Waals surface area contributed by atoms with Gasteiger partial charge in [-0.15, -0.1) is 0 Å². The molecule has 0 spiro atoms. The molecule has 2 aromatic carbocycles. The van der Waals surface area contributed by atoms with Crippen LogP contribution in [0, 0.1) is 6.92 Å². The summed E-state index contributed by atoms with van der Waals surface area (Å²) in [5, 5.41) is 1.79. The van der Waals surface area contributed by atoms with Crippen molar-refractivity contribution in [2.75, 3.05) is 7.11 Å². The fourth-order valence-electron chi connectivity index (χ4n) is 2.68. The molecule has 0 atom stereocenters. The maximum atomic E-state index is 12.2. The Labute approximate surface area is 165 Å². The van der Waals surface area contributed by atoms with Crippen LogP contribution in [0.4, 0.5) is 0 Å². The molecule has 0 fully saturated rings. The average molecular weight is 407 g/mol. The SMILES string of the molecule is COC(=O)Cc1c(C)c2ccc(OCc3ccc(Cl)cc3Cl)cc2oc1=O. The van der Waals surface area contributed by atoms with Crippen LogP contribution in [0.2, 0.25) is 10.0 Å². The van der Waals surface area contributed by atoms with E-state index in [1.54, 1.807) is 43.3 Å². The smallest absolute Gasteiger partial charge is 0.340 e. The molecule has 0 saturated heterocycles. The molecule has 1 aromatic heterocycles. The van der Waals surface area contributed by atoms with Gasteiger partial charge in [-0.2, -0.15) is 0 Å². The van der Waals surface area contributed by atoms with Crippen molar-refractivity contribution in [3.8, 4) is 5.75 Å². The lowest BCUT2D eigenvalue weighted by atomic mass is 10.0. The molecule has 3 rings (SSSR count). The standard InChI is InChI=1S/C20H16Cl2O5/c1-11-15-6-5-14(26-10-12-3-4-13(21)7-17(12)22)8-18(15)27-20(24)16(11)9-19(23)25-2/h3-8H,9-10H2,1-2H3. The van der Waals surface area contributed by atoms with Crippen molar-refractivity contribution in [3.63, 3.8) is 0 Å². The lowest BCUT2D eigenvalue weighted by Crippen LogP contribution is -2.16. The molecular formula is C20H16Cl2O5. The van der Waals surface area contributed by atoms with Crippen LogP contribution in [0.1, 0.15) is 16.7 Å². The third-order valence-corrected chi connectivity index (χ3v) is 4.80. The van der Waals surface area contributed by atoms with Crippen LogP contribution in [0.25, 0.3) is 11.0 Å². The first-order valence-corrected chi connectivity index (χ1v) is 8.84. The van der Waals surface area contributed by atoms with Crippen LogP contribution >= 0.6 is 23.2 Å². The Morgan fingerprint density at radius 2 is 1.93 bits per heavy atom. The first-order chi connectivity index (χ1) is 12.9. The van der Waals surface area contributed by atoms with Gasteiger partial charge in [-0.25, -0.2) is 4.79 Å². The number of carbonyl (C=O) groups is 1. The lowest BCUT2D eigenvalue weighted by molar-refractivity contribution is -0.139. The number of aryl methyl sites for hydroxylation is 1. The minimum Gasteiger partial charge on any atom is -0.489 e. The van der Waals surface area contributed by atoms with Gasteiger partial charge in [0.05, 0.1) is 19.1 Å². The van der Waals surface area contributed by atoms with Crippen molar-refractivity contribution in [1.82, 2.24) is 0 Å². The number of rotatable bonds is 5. The number of esters is 1. The Balaban J connectivity index is 1.88. The summed E-state index contributed by atoms with van der Waals surface area (Å²) >= 11 is 12.0. The summed E-state index contributed by atoms with van der Waals surface area (Å²) in [6.07, 6.45) is -0.131. The molecule has 5 nitrogen and oxygen atoms in total. The first-order valence-electron chi connectivity index (χ1n) is 8.09. The summed E-state index contributed by atoms with van der Waals surface area (Å²) in [5.41, 5.74) is 1.57. The molecule has 140 valence electrons. The van der Waals surface area contributed by atoms with Crippen LogP contribution in [-0.2, 0) is 22.6 Å². The number of halogens is 2. The zero-order chi connectivity index (χ0) is 19.6. The highest BCUT2D eigenvalue weighted by Gasteiger charge is 2.15. The second kappa shape index (κ2) is 8.03. The quantitative estimate of drug-likeness (QED) is 0.453. The van der Waals surface area contributed by atoms with E-state index in [9.17, 15) is 9.59 Å². The average Bonchev–Trinajstić information content (AvgIpc) is 2.64. The maximum Gasteiger partial charge on any atom is 0.340 e. The van der Waals surface area contributed by atoms with Crippen LogP contribution in [0.5, 0.6) is 5.75 Å². The Morgan fingerprint density at radius 3 is 2.63 bits per heavy atom. The summed E-state index contributed by atoms with van der Waals surface area (Å²) in [4.78, 5) is 23.7. The van der Waals surface area contributed by atoms with Crippen molar-refractivity contribution < 1.29 is 18.7 Å². The van der Waals surface area contributed by atoms with E-state index in [4.69, 9.17) is 32.4 Å². The van der Waals surface area contributed by atoms with E-state index >= 15 is 0 Å². The highest BCUT2D eigenvalue weighted by molar-refractivity contribution is 6.35. The molecule has 1 heterocycles. The van der Waals surface area contributed by atoms with E-state index in [-0.39, 0.29) is 18.6 Å². The zero-order valence-electron chi connectivity index (χ0n) is 14.7. The van der Waals surface area contributed by atoms with Gasteiger partial charge in [0, 0.05) is 27.1 Å². The van der Waals surface area contributed by atoms with Crippen molar-refractivity contribution in [2.45, 2.75) is 20.0 Å². The van der Waals surface area contributed by atoms with E-state index in [0.29, 0.717) is 26.9 Å². The number of hydrogen-bond donors (Lipinski definition) is 0. The minimum atomic E-state index is -0.566. The molecule has 7 heteroatoms. The van der Waals surface area contributed by atoms with Gasteiger partial charge in [0.25, 0.3) is 0 Å². The Morgan fingerprint density at radius 1 is 1.15 bits per heavy atom. The van der Waals surface area contributed by atoms with E-state index in [1.807, 2.05) is 0 Å². The highest BCUT2D eigenvalue weighted by atomic mass is 35.5. The van der Waals surface area contributed by atoms with E-state index in [0.717, 1.165) is 10.9 Å². The van der Waals surface area contributed by atoms with Crippen molar-refractivity contribution in [2.24, 2.45) is 0 Å². The summed E-state index contributed by atoms with van der Waals surface area (Å²) < 4.78 is 15.7. The van der Waals surface area contributed by atoms with Gasteiger partial charge in [-0.05, 0) is 36.8 Å². The van der Waals surface area contributed by atoms with Crippen molar-refractivity contribution in [1.29, 1.82) is 0 Å². The first kappa shape index (κ1) is 19.3. The van der Waals surface area contributed by atoms with Gasteiger partial charge in [0.1, 0.15) is 17.9 Å². The van der Waals surface area contributed by atoms with Crippen LogP contribution in [0.3, 0.4) is 0 Å². The second-order valence-corrected chi connectivity index (χ2v) is 6.77. The highest BCUT2D eigenvalue weighted by Crippen LogP contribution is 2.26. The van der Waals surface area contributed by atoms with Gasteiger partial charge in [-0.1, -0.05) is 29.3 Å². The Hall–Kier alpha value is -2.50. The third-order valence-electron chi connectivity index (χ3n) is 4.22. The maximum absolute atomic E-state index is 12.2. The van der Waals surface area contributed by atoms with Crippen molar-refractivity contribution >= 4 is 40.1 Å². The van der Waals surface area contributed by atoms with E-state index in [2.05, 4.69) is 4.74 Å². The predicted octanol–water partition coefficient (Wildman–Crippen LogP) is 4.70. The molecule has 0 aliphatic rings. The Bertz CT molecular complexity index is 1070. The van der Waals surface area contributed by atoms with Gasteiger partial charge in [-0.3, -0.25) is 4.79 Å². The normalized spacial score (nSPS) is 10.8. The molecule has 0 N–H and O–H groups in total. The third kappa shape index (κ3) is 4.26. The fraction of sp³-hybridized carbons (Fsp3) is 0.200. The number of fused-ring (bicyclic) bond motifs is 1. The number of benzene rings is 2. The van der Waals surface area contributed by atoms with Gasteiger partial charge in [0.15, 0.2) is 0 Å². The predicted molar refractivity (Wildman–Crippen MR) is 104 cm³/mol. The van der Waals surface area contributed by atoms with Gasteiger partial charge >= 0.3 is 11.6 Å². The fourth-order valence-corrected chi connectivity index (χ4v) is 3.15. The topological polar surface area (TPSA) is 65.7 Å². The minimum absolute atomic E-state index is 0.131. The number of carbonyl (C=O) groups excluding carboxylic acids is 1. The van der Waals surface area contributed by atoms with E-state index < -0.39 is 11.6 Å². The Kier molecular flexibility index (Phi) is 5.73. The van der Waals surface area contributed by atoms with Gasteiger partial charge < -0.3 is 13.9 Å². The molecule has 27 heavy (non-hydrogen) atoms. The van der Waals surface area contributed by atoms with Crippen LogP contribution in [0.15, 0.2) is 45.6 Å². The summed E-state index contributed by atoms with van der Waals surface area (Å²) in [7, 11) is 1.27. The second-order valence-electron chi connectivity index (χ2n) is 5.93. The molecule has 3 aromatic rings. The number of methoxy groups -OCH3 is 1. The number of hydrogen-bond acceptors (Lipinski definition) is 5.